The molecule has 0 atom stereocenters. The van der Waals surface area contributed by atoms with Crippen molar-refractivity contribution in [3.8, 4) is 5.75 Å². The Morgan fingerprint density at radius 3 is 2.22 bits per heavy atom. The van der Waals surface area contributed by atoms with E-state index in [1.807, 2.05) is 26.0 Å². The Hall–Kier alpha value is -2.81. The van der Waals surface area contributed by atoms with Gasteiger partial charge in [-0.15, -0.1) is 0 Å². The zero-order valence-corrected chi connectivity index (χ0v) is 21.5. The van der Waals surface area contributed by atoms with Gasteiger partial charge in [0.15, 0.2) is 5.78 Å². The van der Waals surface area contributed by atoms with E-state index in [-0.39, 0.29) is 28.6 Å². The monoisotopic (exact) mass is 505 g/mol. The fourth-order valence-corrected chi connectivity index (χ4v) is 5.43. The fourth-order valence-electron chi connectivity index (χ4n) is 5.43. The van der Waals surface area contributed by atoms with Crippen LogP contribution in [-0.4, -0.2) is 58.8 Å². The summed E-state index contributed by atoms with van der Waals surface area (Å²) < 4.78 is 48.5. The third-order valence-electron chi connectivity index (χ3n) is 7.40. The van der Waals surface area contributed by atoms with E-state index < -0.39 is 23.8 Å². The molecule has 0 bridgehead atoms. The molecule has 9 heteroatoms. The number of aromatic nitrogens is 1. The van der Waals surface area contributed by atoms with Crippen molar-refractivity contribution in [2.75, 3.05) is 26.7 Å². The molecule has 4 rings (SSSR count). The number of rotatable bonds is 5. The maximum absolute atomic E-state index is 13.7. The number of ketones is 1. The van der Waals surface area contributed by atoms with Gasteiger partial charge in [-0.3, -0.25) is 14.5 Å². The first-order valence-corrected chi connectivity index (χ1v) is 12.5. The Balaban J connectivity index is 1.56. The van der Waals surface area contributed by atoms with Gasteiger partial charge in [-0.1, -0.05) is 13.8 Å². The van der Waals surface area contributed by atoms with Crippen LogP contribution in [0, 0.1) is 5.92 Å². The summed E-state index contributed by atoms with van der Waals surface area (Å²) in [6.45, 7) is 9.42. The van der Waals surface area contributed by atoms with E-state index in [2.05, 4.69) is 16.5 Å². The summed E-state index contributed by atoms with van der Waals surface area (Å²) in [6.07, 6.45) is -3.79. The molecule has 2 aliphatic rings. The molecule has 0 aliphatic carbocycles. The highest BCUT2D eigenvalue weighted by atomic mass is 19.4. The number of likely N-dealkylation sites (tertiary alicyclic amines) is 1. The van der Waals surface area contributed by atoms with Crippen LogP contribution in [0.2, 0.25) is 0 Å². The summed E-state index contributed by atoms with van der Waals surface area (Å²) in [7, 11) is 2.06. The van der Waals surface area contributed by atoms with Crippen molar-refractivity contribution < 1.29 is 27.5 Å². The maximum Gasteiger partial charge on any atom is 0.419 e. The molecule has 1 saturated heterocycles. The number of likely N-dealkylation sites (N-methyl/N-ethyl adjacent to an activating group) is 1. The molecule has 0 N–H and O–H groups in total. The van der Waals surface area contributed by atoms with Gasteiger partial charge in [0.05, 0.1) is 22.9 Å². The summed E-state index contributed by atoms with van der Waals surface area (Å²) in [4.78, 5) is 29.9. The van der Waals surface area contributed by atoms with Gasteiger partial charge in [0.25, 0.3) is 5.91 Å². The van der Waals surface area contributed by atoms with Gasteiger partial charge >= 0.3 is 6.18 Å². The van der Waals surface area contributed by atoms with Gasteiger partial charge in [-0.2, -0.15) is 13.2 Å². The van der Waals surface area contributed by atoms with E-state index in [1.54, 1.807) is 18.7 Å². The molecule has 0 unspecified atom stereocenters. The molecule has 196 valence electrons. The molecule has 1 aromatic heterocycles. The number of alkyl halides is 3. The molecular weight excluding hydrogens is 471 g/mol. The summed E-state index contributed by atoms with van der Waals surface area (Å²) in [5.41, 5.74) is 0.523. The van der Waals surface area contributed by atoms with Crippen molar-refractivity contribution in [1.29, 1.82) is 0 Å². The van der Waals surface area contributed by atoms with E-state index >= 15 is 0 Å². The van der Waals surface area contributed by atoms with E-state index in [0.29, 0.717) is 25.9 Å². The van der Waals surface area contributed by atoms with E-state index in [9.17, 15) is 22.8 Å². The number of hydrogen-bond donors (Lipinski definition) is 0. The zero-order valence-electron chi connectivity index (χ0n) is 21.5. The third-order valence-corrected chi connectivity index (χ3v) is 7.40. The average Bonchev–Trinajstić information content (AvgIpc) is 3.25. The van der Waals surface area contributed by atoms with Gasteiger partial charge in [0.1, 0.15) is 5.75 Å². The average molecular weight is 506 g/mol. The van der Waals surface area contributed by atoms with Crippen LogP contribution in [0.1, 0.15) is 72.6 Å². The normalized spacial score (nSPS) is 18.1. The number of hydrogen-bond acceptors (Lipinski definition) is 4. The van der Waals surface area contributed by atoms with Crippen molar-refractivity contribution in [2.45, 2.75) is 64.9 Å². The van der Waals surface area contributed by atoms with Crippen LogP contribution >= 0.6 is 0 Å². The van der Waals surface area contributed by atoms with Crippen molar-refractivity contribution in [3.05, 3.63) is 52.8 Å². The molecule has 3 heterocycles. The highest BCUT2D eigenvalue weighted by molar-refractivity contribution is 5.96. The lowest BCUT2D eigenvalue weighted by Crippen LogP contribution is -2.56. The van der Waals surface area contributed by atoms with Gasteiger partial charge in [0.2, 0.25) is 0 Å². The number of halogens is 3. The number of fused-ring (bicyclic) bond motifs is 2. The molecule has 2 aromatic rings. The predicted octanol–water partition coefficient (Wildman–Crippen LogP) is 5.21. The highest BCUT2D eigenvalue weighted by Gasteiger charge is 2.45. The number of carbonyl (C=O) groups excluding carboxylic acids is 2. The van der Waals surface area contributed by atoms with Crippen LogP contribution in [0.15, 0.2) is 30.3 Å². The number of nitrogens with zero attached hydrogens (tertiary/aromatic N) is 3. The van der Waals surface area contributed by atoms with Gasteiger partial charge in [0, 0.05) is 43.4 Å². The minimum atomic E-state index is -4.63. The van der Waals surface area contributed by atoms with Crippen molar-refractivity contribution in [1.82, 2.24) is 14.4 Å². The first kappa shape index (κ1) is 26.3. The fraction of sp³-hybridized carbons (Fsp3) is 0.556. The van der Waals surface area contributed by atoms with Crippen LogP contribution < -0.4 is 4.74 Å². The topological polar surface area (TPSA) is 54.8 Å². The molecule has 0 saturated carbocycles. The molecule has 36 heavy (non-hydrogen) atoms. The van der Waals surface area contributed by atoms with Crippen molar-refractivity contribution >= 4 is 11.7 Å². The lowest BCUT2D eigenvalue weighted by molar-refractivity contribution is -0.139. The smallest absolute Gasteiger partial charge is 0.419 e. The molecule has 1 fully saturated rings. The number of ether oxygens (including phenoxy) is 1. The van der Waals surface area contributed by atoms with E-state index in [1.165, 1.54) is 12.1 Å². The summed E-state index contributed by atoms with van der Waals surface area (Å²) in [5.74, 6) is -0.684. The summed E-state index contributed by atoms with van der Waals surface area (Å²) in [6, 6.07) is 7.45. The van der Waals surface area contributed by atoms with Gasteiger partial charge in [-0.25, -0.2) is 0 Å². The second-order valence-electron chi connectivity index (χ2n) is 10.4. The first-order chi connectivity index (χ1) is 16.8. The van der Waals surface area contributed by atoms with E-state index in [0.717, 1.165) is 30.5 Å². The van der Waals surface area contributed by atoms with Crippen LogP contribution in [0.5, 0.6) is 5.75 Å². The number of carbonyl (C=O) groups is 2. The largest absolute Gasteiger partial charge is 0.490 e. The van der Waals surface area contributed by atoms with Crippen LogP contribution in [0.3, 0.4) is 0 Å². The minimum absolute atomic E-state index is 0.000397. The predicted molar refractivity (Wildman–Crippen MR) is 130 cm³/mol. The van der Waals surface area contributed by atoms with Crippen molar-refractivity contribution in [2.24, 2.45) is 5.92 Å². The SMILES string of the molecule is CC(C)Oc1ccc(C(=O)N2CCC3(CC2)c2ccc(C(=O)C(C)C)n2CCN3C)cc1C(F)(F)F. The van der Waals surface area contributed by atoms with Crippen LogP contribution in [0.25, 0.3) is 0 Å². The molecule has 1 amide bonds. The van der Waals surface area contributed by atoms with Crippen molar-refractivity contribution in [3.63, 3.8) is 0 Å². The van der Waals surface area contributed by atoms with Gasteiger partial charge < -0.3 is 14.2 Å². The quantitative estimate of drug-likeness (QED) is 0.524. The Bertz CT molecular complexity index is 1140. The second kappa shape index (κ2) is 9.57. The summed E-state index contributed by atoms with van der Waals surface area (Å²) in [5, 5.41) is 0. The molecule has 1 spiro atoms. The molecule has 0 radical (unpaired) electrons. The minimum Gasteiger partial charge on any atom is -0.490 e. The summed E-state index contributed by atoms with van der Waals surface area (Å²) >= 11 is 0. The first-order valence-electron chi connectivity index (χ1n) is 12.5. The maximum atomic E-state index is 13.7. The van der Waals surface area contributed by atoms with Crippen LogP contribution in [-0.2, 0) is 18.3 Å². The molecule has 2 aliphatic heterocycles. The van der Waals surface area contributed by atoms with E-state index in [4.69, 9.17) is 4.74 Å². The lowest BCUT2D eigenvalue weighted by Gasteiger charge is -2.50. The Morgan fingerprint density at radius 1 is 0.972 bits per heavy atom. The standard InChI is InChI=1S/C27H34F3N3O3/c1-17(2)24(34)21-7-9-23-26(31(5)14-15-33(21)23)10-12-32(13-11-26)25(35)19-6-8-22(36-18(3)4)20(16-19)27(28,29)30/h6-9,16-18H,10-15H2,1-5H3. The molecule has 1 aromatic carbocycles. The number of piperidine rings is 1. The third kappa shape index (κ3) is 4.65. The molecular formula is C27H34F3N3O3. The lowest BCUT2D eigenvalue weighted by atomic mass is 9.81. The zero-order chi connectivity index (χ0) is 26.4. The number of benzene rings is 1. The second-order valence-corrected chi connectivity index (χ2v) is 10.4. The van der Waals surface area contributed by atoms with Crippen LogP contribution in [0.4, 0.5) is 13.2 Å². The molecule has 6 nitrogen and oxygen atoms in total. The Labute approximate surface area is 210 Å². The number of Topliss-reactive ketones (excluding diaryl/α,β-unsaturated/α-hetero) is 1. The van der Waals surface area contributed by atoms with Gasteiger partial charge in [-0.05, 0) is 64.1 Å². The Kier molecular flexibility index (Phi) is 6.98. The highest BCUT2D eigenvalue weighted by Crippen LogP contribution is 2.42. The number of amides is 1. The Morgan fingerprint density at radius 2 is 1.64 bits per heavy atom.